The lowest BCUT2D eigenvalue weighted by Gasteiger charge is -2.34. The van der Waals surface area contributed by atoms with Gasteiger partial charge in [0.1, 0.15) is 17.8 Å². The molecule has 8 nitrogen and oxygen atoms in total. The number of benzene rings is 1. The second kappa shape index (κ2) is 7.98. The molecule has 3 N–H and O–H groups in total. The van der Waals surface area contributed by atoms with Crippen molar-refractivity contribution in [3.63, 3.8) is 0 Å². The zero-order valence-corrected chi connectivity index (χ0v) is 16.5. The molecule has 5 rings (SSSR count). The van der Waals surface area contributed by atoms with Crippen LogP contribution in [0.1, 0.15) is 12.8 Å². The SMILES string of the molecule is O=C(CNc1cccc2cccnc12)N[C@@H]1CCCN(c2ncnc3[nH]ccc23)C1. The number of nitrogens with zero attached hydrogens (tertiary/aromatic N) is 4. The normalized spacial score (nSPS) is 16.7. The van der Waals surface area contributed by atoms with E-state index in [1.165, 1.54) is 0 Å². The van der Waals surface area contributed by atoms with Crippen molar-refractivity contribution >= 4 is 39.3 Å². The number of amides is 1. The van der Waals surface area contributed by atoms with E-state index in [1.54, 1.807) is 12.5 Å². The van der Waals surface area contributed by atoms with E-state index in [0.29, 0.717) is 0 Å². The van der Waals surface area contributed by atoms with Crippen molar-refractivity contribution in [2.75, 3.05) is 29.9 Å². The zero-order valence-electron chi connectivity index (χ0n) is 16.5. The molecule has 0 aliphatic carbocycles. The number of fused-ring (bicyclic) bond motifs is 2. The van der Waals surface area contributed by atoms with E-state index in [2.05, 4.69) is 35.5 Å². The second-order valence-corrected chi connectivity index (χ2v) is 7.52. The van der Waals surface area contributed by atoms with E-state index in [0.717, 1.165) is 59.4 Å². The molecule has 1 saturated heterocycles. The van der Waals surface area contributed by atoms with Gasteiger partial charge in [0.2, 0.25) is 5.91 Å². The van der Waals surface area contributed by atoms with Crippen LogP contribution in [0.3, 0.4) is 0 Å². The first kappa shape index (κ1) is 18.4. The van der Waals surface area contributed by atoms with Crippen molar-refractivity contribution in [3.8, 4) is 0 Å². The van der Waals surface area contributed by atoms with Crippen molar-refractivity contribution in [3.05, 3.63) is 55.1 Å². The Kier molecular flexibility index (Phi) is 4.88. The Hall–Kier alpha value is -3.68. The Morgan fingerprint density at radius 2 is 2.10 bits per heavy atom. The number of para-hydroxylation sites is 1. The molecule has 0 saturated carbocycles. The van der Waals surface area contributed by atoms with Gasteiger partial charge in [0.15, 0.2) is 0 Å². The van der Waals surface area contributed by atoms with Crippen LogP contribution in [0.4, 0.5) is 11.5 Å². The first-order valence-corrected chi connectivity index (χ1v) is 10.2. The van der Waals surface area contributed by atoms with Crippen LogP contribution in [0.2, 0.25) is 0 Å². The number of rotatable bonds is 5. The molecule has 8 heteroatoms. The first-order chi connectivity index (χ1) is 14.8. The van der Waals surface area contributed by atoms with Gasteiger partial charge in [-0.05, 0) is 31.0 Å². The molecule has 1 fully saturated rings. The van der Waals surface area contributed by atoms with Gasteiger partial charge in [-0.25, -0.2) is 9.97 Å². The summed E-state index contributed by atoms with van der Waals surface area (Å²) < 4.78 is 0. The summed E-state index contributed by atoms with van der Waals surface area (Å²) in [6, 6.07) is 11.9. The number of aromatic nitrogens is 4. The number of pyridine rings is 1. The van der Waals surface area contributed by atoms with E-state index in [1.807, 2.05) is 42.6 Å². The molecule has 0 bridgehead atoms. The average molecular weight is 401 g/mol. The van der Waals surface area contributed by atoms with Gasteiger partial charge in [0.25, 0.3) is 0 Å². The van der Waals surface area contributed by atoms with Crippen molar-refractivity contribution in [1.29, 1.82) is 0 Å². The van der Waals surface area contributed by atoms with Crippen LogP contribution in [0.25, 0.3) is 21.9 Å². The Balaban J connectivity index is 1.22. The molecule has 1 aliphatic rings. The monoisotopic (exact) mass is 401 g/mol. The van der Waals surface area contributed by atoms with E-state index >= 15 is 0 Å². The predicted molar refractivity (Wildman–Crippen MR) is 117 cm³/mol. The third-order valence-electron chi connectivity index (χ3n) is 5.49. The summed E-state index contributed by atoms with van der Waals surface area (Å²) in [5.41, 5.74) is 2.57. The molecule has 1 amide bonds. The summed E-state index contributed by atoms with van der Waals surface area (Å²) >= 11 is 0. The van der Waals surface area contributed by atoms with Crippen molar-refractivity contribution in [2.24, 2.45) is 0 Å². The molecule has 0 radical (unpaired) electrons. The minimum absolute atomic E-state index is 0.0238. The van der Waals surface area contributed by atoms with Gasteiger partial charge in [-0.3, -0.25) is 9.78 Å². The Morgan fingerprint density at radius 3 is 3.07 bits per heavy atom. The molecular formula is C22H23N7O. The van der Waals surface area contributed by atoms with Gasteiger partial charge < -0.3 is 20.5 Å². The highest BCUT2D eigenvalue weighted by Crippen LogP contribution is 2.25. The summed E-state index contributed by atoms with van der Waals surface area (Å²) in [7, 11) is 0. The number of anilines is 2. The van der Waals surface area contributed by atoms with Gasteiger partial charge in [-0.2, -0.15) is 0 Å². The van der Waals surface area contributed by atoms with Gasteiger partial charge in [-0.15, -0.1) is 0 Å². The molecule has 30 heavy (non-hydrogen) atoms. The molecule has 3 aromatic heterocycles. The molecule has 4 heterocycles. The molecule has 1 aromatic carbocycles. The van der Waals surface area contributed by atoms with Gasteiger partial charge in [0.05, 0.1) is 23.1 Å². The van der Waals surface area contributed by atoms with Crippen molar-refractivity contribution < 1.29 is 4.79 Å². The van der Waals surface area contributed by atoms with Crippen LogP contribution < -0.4 is 15.5 Å². The fraction of sp³-hybridized carbons (Fsp3) is 0.273. The summed E-state index contributed by atoms with van der Waals surface area (Å²) in [5, 5.41) is 8.45. The largest absolute Gasteiger partial charge is 0.374 e. The minimum Gasteiger partial charge on any atom is -0.374 e. The smallest absolute Gasteiger partial charge is 0.239 e. The lowest BCUT2D eigenvalue weighted by atomic mass is 10.1. The molecule has 1 aliphatic heterocycles. The number of carbonyl (C=O) groups is 1. The van der Waals surface area contributed by atoms with Crippen LogP contribution >= 0.6 is 0 Å². The maximum Gasteiger partial charge on any atom is 0.239 e. The quantitative estimate of drug-likeness (QED) is 0.476. The predicted octanol–water partition coefficient (Wildman–Crippen LogP) is 2.70. The number of H-pyrrole nitrogens is 1. The van der Waals surface area contributed by atoms with Crippen LogP contribution in [-0.2, 0) is 4.79 Å². The second-order valence-electron chi connectivity index (χ2n) is 7.52. The van der Waals surface area contributed by atoms with Crippen LogP contribution in [0, 0.1) is 0 Å². The van der Waals surface area contributed by atoms with E-state index in [4.69, 9.17) is 0 Å². The average Bonchev–Trinajstić information content (AvgIpc) is 3.27. The Labute approximate surface area is 173 Å². The highest BCUT2D eigenvalue weighted by molar-refractivity contribution is 5.92. The van der Waals surface area contributed by atoms with Gasteiger partial charge in [-0.1, -0.05) is 18.2 Å². The molecule has 1 atom stereocenters. The van der Waals surface area contributed by atoms with Crippen LogP contribution in [0.5, 0.6) is 0 Å². The number of hydrogen-bond acceptors (Lipinski definition) is 6. The Bertz CT molecular complexity index is 1180. The fourth-order valence-electron chi connectivity index (χ4n) is 4.10. The number of carbonyl (C=O) groups excluding carboxylic acids is 1. The highest BCUT2D eigenvalue weighted by Gasteiger charge is 2.23. The maximum atomic E-state index is 12.6. The van der Waals surface area contributed by atoms with Crippen LogP contribution in [-0.4, -0.2) is 51.5 Å². The lowest BCUT2D eigenvalue weighted by Crippen LogP contribution is -2.49. The lowest BCUT2D eigenvalue weighted by molar-refractivity contribution is -0.120. The number of nitrogens with one attached hydrogen (secondary N) is 3. The van der Waals surface area contributed by atoms with E-state index in [-0.39, 0.29) is 18.5 Å². The Morgan fingerprint density at radius 1 is 1.17 bits per heavy atom. The van der Waals surface area contributed by atoms with E-state index < -0.39 is 0 Å². The molecule has 152 valence electrons. The highest BCUT2D eigenvalue weighted by atomic mass is 16.2. The summed E-state index contributed by atoms with van der Waals surface area (Å²) in [6.45, 7) is 1.87. The van der Waals surface area contributed by atoms with Crippen molar-refractivity contribution in [1.82, 2.24) is 25.3 Å². The minimum atomic E-state index is -0.0238. The number of aromatic amines is 1. The third-order valence-corrected chi connectivity index (χ3v) is 5.49. The fourth-order valence-corrected chi connectivity index (χ4v) is 4.10. The molecule has 4 aromatic rings. The van der Waals surface area contributed by atoms with Crippen LogP contribution in [0.15, 0.2) is 55.1 Å². The topological polar surface area (TPSA) is 98.8 Å². The number of piperidine rings is 1. The standard InChI is InChI=1S/C22H23N7O/c30-19(12-25-18-7-1-4-15-5-2-9-23-20(15)18)28-16-6-3-11-29(13-16)22-17-8-10-24-21(17)26-14-27-22/h1-2,4-5,7-10,14,16,25H,3,6,11-13H2,(H,28,30)(H,24,26,27)/t16-/m1/s1. The van der Waals surface area contributed by atoms with Gasteiger partial charge in [0, 0.05) is 36.9 Å². The summed E-state index contributed by atoms with van der Waals surface area (Å²) in [5.74, 6) is 0.893. The third kappa shape index (κ3) is 3.63. The molecule has 0 spiro atoms. The summed E-state index contributed by atoms with van der Waals surface area (Å²) in [4.78, 5) is 31.1. The zero-order chi connectivity index (χ0) is 20.3. The van der Waals surface area contributed by atoms with Gasteiger partial charge >= 0.3 is 0 Å². The maximum absolute atomic E-state index is 12.6. The molecule has 0 unspecified atom stereocenters. The molecular weight excluding hydrogens is 378 g/mol. The van der Waals surface area contributed by atoms with E-state index in [9.17, 15) is 4.79 Å². The number of hydrogen-bond donors (Lipinski definition) is 3. The first-order valence-electron chi connectivity index (χ1n) is 10.2. The van der Waals surface area contributed by atoms with Crippen molar-refractivity contribution in [2.45, 2.75) is 18.9 Å². The summed E-state index contributed by atoms with van der Waals surface area (Å²) in [6.07, 6.45) is 7.18.